The van der Waals surface area contributed by atoms with Crippen molar-refractivity contribution in [2.75, 3.05) is 25.2 Å². The first-order valence-electron chi connectivity index (χ1n) is 7.27. The molecule has 0 aromatic heterocycles. The molecule has 7 heteroatoms. The van der Waals surface area contributed by atoms with E-state index in [1.807, 2.05) is 0 Å². The summed E-state index contributed by atoms with van der Waals surface area (Å²) in [5, 5.41) is 2.68. The molecule has 0 heterocycles. The molecule has 0 aliphatic rings. The number of anilines is 1. The van der Waals surface area contributed by atoms with Crippen molar-refractivity contribution in [1.82, 2.24) is 4.90 Å². The summed E-state index contributed by atoms with van der Waals surface area (Å²) in [4.78, 5) is 13.9. The van der Waals surface area contributed by atoms with Crippen LogP contribution in [0.25, 0.3) is 0 Å². The summed E-state index contributed by atoms with van der Waals surface area (Å²) in [6.45, 7) is 0.398. The Kier molecular flexibility index (Phi) is 5.69. The number of halogens is 1. The van der Waals surface area contributed by atoms with Crippen LogP contribution in [0, 0.1) is 5.82 Å². The third-order valence-electron chi connectivity index (χ3n) is 3.38. The van der Waals surface area contributed by atoms with E-state index in [1.165, 1.54) is 30.3 Å². The minimum absolute atomic E-state index is 0.0855. The van der Waals surface area contributed by atoms with Crippen LogP contribution in [0.1, 0.15) is 5.56 Å². The fraction of sp³-hybridized carbons (Fsp3) is 0.235. The van der Waals surface area contributed by atoms with Gasteiger partial charge in [0.25, 0.3) is 0 Å². The fourth-order valence-corrected chi connectivity index (χ4v) is 2.83. The number of sulfone groups is 1. The Labute approximate surface area is 141 Å². The maximum Gasteiger partial charge on any atom is 0.238 e. The van der Waals surface area contributed by atoms with Gasteiger partial charge in [-0.15, -0.1) is 0 Å². The van der Waals surface area contributed by atoms with Gasteiger partial charge in [-0.05, 0) is 37.4 Å². The first-order chi connectivity index (χ1) is 11.3. The molecule has 1 amide bonds. The van der Waals surface area contributed by atoms with Gasteiger partial charge >= 0.3 is 0 Å². The number of carbonyl (C=O) groups is 1. The molecule has 0 fully saturated rings. The molecule has 0 atom stereocenters. The van der Waals surface area contributed by atoms with Crippen LogP contribution in [0.15, 0.2) is 53.4 Å². The molecule has 24 heavy (non-hydrogen) atoms. The number of hydrogen-bond acceptors (Lipinski definition) is 4. The van der Waals surface area contributed by atoms with Crippen LogP contribution in [0.4, 0.5) is 10.1 Å². The van der Waals surface area contributed by atoms with Crippen molar-refractivity contribution in [2.45, 2.75) is 11.4 Å². The van der Waals surface area contributed by atoms with Crippen LogP contribution in [0.3, 0.4) is 0 Å². The largest absolute Gasteiger partial charge is 0.325 e. The van der Waals surface area contributed by atoms with E-state index in [9.17, 15) is 17.6 Å². The lowest BCUT2D eigenvalue weighted by molar-refractivity contribution is -0.117. The third-order valence-corrected chi connectivity index (χ3v) is 4.51. The second-order valence-electron chi connectivity index (χ2n) is 5.61. The molecule has 2 aromatic rings. The average Bonchev–Trinajstić information content (AvgIpc) is 2.49. The highest BCUT2D eigenvalue weighted by atomic mass is 32.2. The zero-order valence-electron chi connectivity index (χ0n) is 13.5. The van der Waals surface area contributed by atoms with E-state index >= 15 is 0 Å². The Morgan fingerprint density at radius 2 is 1.75 bits per heavy atom. The van der Waals surface area contributed by atoms with E-state index in [4.69, 9.17) is 0 Å². The van der Waals surface area contributed by atoms with Gasteiger partial charge in [-0.1, -0.05) is 18.2 Å². The van der Waals surface area contributed by atoms with Crippen LogP contribution in [-0.2, 0) is 21.2 Å². The van der Waals surface area contributed by atoms with Gasteiger partial charge in [-0.25, -0.2) is 12.8 Å². The van der Waals surface area contributed by atoms with E-state index in [0.717, 1.165) is 6.26 Å². The zero-order chi connectivity index (χ0) is 17.7. The van der Waals surface area contributed by atoms with Crippen molar-refractivity contribution in [2.24, 2.45) is 0 Å². The first kappa shape index (κ1) is 18.1. The molecular formula is C17H19FN2O3S. The van der Waals surface area contributed by atoms with Gasteiger partial charge in [0.2, 0.25) is 5.91 Å². The number of carbonyl (C=O) groups excluding carboxylic acids is 1. The van der Waals surface area contributed by atoms with Gasteiger partial charge in [0.15, 0.2) is 9.84 Å². The maximum absolute atomic E-state index is 13.6. The SMILES string of the molecule is CN(CC(=O)Nc1ccc(S(C)(=O)=O)cc1)Cc1ccccc1F. The van der Waals surface area contributed by atoms with Crippen molar-refractivity contribution in [1.29, 1.82) is 0 Å². The highest BCUT2D eigenvalue weighted by molar-refractivity contribution is 7.90. The number of hydrogen-bond donors (Lipinski definition) is 1. The molecule has 0 aliphatic carbocycles. The highest BCUT2D eigenvalue weighted by Crippen LogP contribution is 2.14. The summed E-state index contributed by atoms with van der Waals surface area (Å²) in [7, 11) is -1.54. The third kappa shape index (κ3) is 5.14. The number of benzene rings is 2. The molecule has 2 rings (SSSR count). The summed E-state index contributed by atoms with van der Waals surface area (Å²) in [5.41, 5.74) is 1.02. The molecule has 0 bridgehead atoms. The molecule has 0 spiro atoms. The predicted octanol–water partition coefficient (Wildman–Crippen LogP) is 2.30. The van der Waals surface area contributed by atoms with Gasteiger partial charge in [0, 0.05) is 24.1 Å². The molecule has 0 saturated heterocycles. The number of amides is 1. The highest BCUT2D eigenvalue weighted by Gasteiger charge is 2.11. The van der Waals surface area contributed by atoms with Gasteiger partial charge < -0.3 is 5.32 Å². The average molecular weight is 350 g/mol. The molecule has 2 aromatic carbocycles. The summed E-state index contributed by atoms with van der Waals surface area (Å²) in [6, 6.07) is 12.4. The number of rotatable bonds is 6. The number of likely N-dealkylation sites (N-methyl/N-ethyl adjacent to an activating group) is 1. The molecular weight excluding hydrogens is 331 g/mol. The smallest absolute Gasteiger partial charge is 0.238 e. The molecule has 0 saturated carbocycles. The van der Waals surface area contributed by atoms with Crippen molar-refractivity contribution in [3.63, 3.8) is 0 Å². The lowest BCUT2D eigenvalue weighted by Gasteiger charge is -2.16. The zero-order valence-corrected chi connectivity index (χ0v) is 14.3. The van der Waals surface area contributed by atoms with E-state index < -0.39 is 9.84 Å². The van der Waals surface area contributed by atoms with Gasteiger partial charge in [-0.3, -0.25) is 9.69 Å². The van der Waals surface area contributed by atoms with Crippen LogP contribution in [-0.4, -0.2) is 39.1 Å². The van der Waals surface area contributed by atoms with Crippen LogP contribution >= 0.6 is 0 Å². The summed E-state index contributed by atoms with van der Waals surface area (Å²) < 4.78 is 36.4. The lowest BCUT2D eigenvalue weighted by atomic mass is 10.2. The minimum Gasteiger partial charge on any atom is -0.325 e. The van der Waals surface area contributed by atoms with Crippen LogP contribution in [0.2, 0.25) is 0 Å². The molecule has 5 nitrogen and oxygen atoms in total. The quantitative estimate of drug-likeness (QED) is 0.868. The first-order valence-corrected chi connectivity index (χ1v) is 9.17. The predicted molar refractivity (Wildman–Crippen MR) is 90.9 cm³/mol. The van der Waals surface area contributed by atoms with Gasteiger partial charge in [-0.2, -0.15) is 0 Å². The second kappa shape index (κ2) is 7.55. The standard InChI is InChI=1S/C17H19FN2O3S/c1-20(11-13-5-3-4-6-16(13)18)12-17(21)19-14-7-9-15(10-8-14)24(2,22)23/h3-10H,11-12H2,1-2H3,(H,19,21). The van der Waals surface area contributed by atoms with E-state index in [1.54, 1.807) is 30.1 Å². The van der Waals surface area contributed by atoms with E-state index in [0.29, 0.717) is 17.8 Å². The van der Waals surface area contributed by atoms with Crippen LogP contribution in [0.5, 0.6) is 0 Å². The van der Waals surface area contributed by atoms with Crippen molar-refractivity contribution in [3.05, 3.63) is 59.9 Å². The Morgan fingerprint density at radius 1 is 1.12 bits per heavy atom. The topological polar surface area (TPSA) is 66.5 Å². The second-order valence-corrected chi connectivity index (χ2v) is 7.62. The van der Waals surface area contributed by atoms with Crippen molar-refractivity contribution >= 4 is 21.4 Å². The Morgan fingerprint density at radius 3 is 2.33 bits per heavy atom. The monoisotopic (exact) mass is 350 g/mol. The van der Waals surface area contributed by atoms with E-state index in [-0.39, 0.29) is 23.2 Å². The maximum atomic E-state index is 13.6. The van der Waals surface area contributed by atoms with Crippen LogP contribution < -0.4 is 5.32 Å². The Hall–Kier alpha value is -2.25. The molecule has 1 N–H and O–H groups in total. The Bertz CT molecular complexity index is 820. The van der Waals surface area contributed by atoms with Gasteiger partial charge in [0.05, 0.1) is 11.4 Å². The summed E-state index contributed by atoms with van der Waals surface area (Å²) in [6.07, 6.45) is 1.12. The normalized spacial score (nSPS) is 11.5. The summed E-state index contributed by atoms with van der Waals surface area (Å²) >= 11 is 0. The van der Waals surface area contributed by atoms with E-state index in [2.05, 4.69) is 5.32 Å². The van der Waals surface area contributed by atoms with Gasteiger partial charge in [0.1, 0.15) is 5.82 Å². The minimum atomic E-state index is -3.26. The van der Waals surface area contributed by atoms with Crippen molar-refractivity contribution < 1.29 is 17.6 Å². The number of nitrogens with one attached hydrogen (secondary N) is 1. The molecule has 128 valence electrons. The fourth-order valence-electron chi connectivity index (χ4n) is 2.20. The molecule has 0 unspecified atom stereocenters. The Balaban J connectivity index is 1.92. The number of nitrogens with zero attached hydrogens (tertiary/aromatic N) is 1. The summed E-state index contributed by atoms with van der Waals surface area (Å²) in [5.74, 6) is -0.568. The van der Waals surface area contributed by atoms with Crippen molar-refractivity contribution in [3.8, 4) is 0 Å². The molecule has 0 aliphatic heterocycles. The molecule has 0 radical (unpaired) electrons. The lowest BCUT2D eigenvalue weighted by Crippen LogP contribution is -2.30.